The van der Waals surface area contributed by atoms with Gasteiger partial charge in [-0.2, -0.15) is 0 Å². The van der Waals surface area contributed by atoms with Crippen LogP contribution in [-0.4, -0.2) is 21.9 Å². The van der Waals surface area contributed by atoms with Crippen LogP contribution in [-0.2, 0) is 4.79 Å². The van der Waals surface area contributed by atoms with Crippen molar-refractivity contribution < 1.29 is 4.79 Å². The minimum absolute atomic E-state index is 0.0599. The van der Waals surface area contributed by atoms with Gasteiger partial charge < -0.3 is 5.73 Å². The van der Waals surface area contributed by atoms with Crippen molar-refractivity contribution in [3.63, 3.8) is 0 Å². The number of halogens is 1. The minimum Gasteiger partial charge on any atom is -0.327 e. The van der Waals surface area contributed by atoms with Gasteiger partial charge >= 0.3 is 0 Å². The Bertz CT molecular complexity index is 417. The average molecular weight is 255 g/mol. The van der Waals surface area contributed by atoms with Gasteiger partial charge in [-0.05, 0) is 25.8 Å². The highest BCUT2D eigenvalue weighted by atomic mass is 35.5. The van der Waals surface area contributed by atoms with E-state index >= 15 is 0 Å². The largest absolute Gasteiger partial charge is 0.327 e. The van der Waals surface area contributed by atoms with E-state index in [1.807, 2.05) is 0 Å². The van der Waals surface area contributed by atoms with Crippen LogP contribution in [0.3, 0.4) is 0 Å². The molecule has 0 bridgehead atoms. The number of aromatic nitrogens is 2. The summed E-state index contributed by atoms with van der Waals surface area (Å²) in [6, 6.07) is 1.58. The topological polar surface area (TPSA) is 80.9 Å². The van der Waals surface area contributed by atoms with Gasteiger partial charge in [-0.3, -0.25) is 10.1 Å². The van der Waals surface area contributed by atoms with Gasteiger partial charge in [-0.1, -0.05) is 18.0 Å². The molecule has 0 aliphatic heterocycles. The van der Waals surface area contributed by atoms with Crippen molar-refractivity contribution in [3.8, 4) is 0 Å². The van der Waals surface area contributed by atoms with Crippen LogP contribution in [0.2, 0.25) is 5.15 Å². The molecule has 3 N–H and O–H groups in total. The molecule has 17 heavy (non-hydrogen) atoms. The van der Waals surface area contributed by atoms with E-state index in [9.17, 15) is 4.79 Å². The zero-order valence-corrected chi connectivity index (χ0v) is 10.4. The van der Waals surface area contributed by atoms with Crippen molar-refractivity contribution in [2.24, 2.45) is 11.7 Å². The zero-order chi connectivity index (χ0) is 12.4. The third-order valence-electron chi connectivity index (χ3n) is 2.96. The summed E-state index contributed by atoms with van der Waals surface area (Å²) in [5.41, 5.74) is 6.58. The Labute approximate surface area is 105 Å². The zero-order valence-electron chi connectivity index (χ0n) is 9.61. The fourth-order valence-corrected chi connectivity index (χ4v) is 2.34. The number of nitrogens with zero attached hydrogens (tertiary/aromatic N) is 2. The third kappa shape index (κ3) is 2.92. The van der Waals surface area contributed by atoms with Crippen molar-refractivity contribution >= 4 is 23.5 Å². The highest BCUT2D eigenvalue weighted by Gasteiger charge is 2.30. The van der Waals surface area contributed by atoms with Crippen molar-refractivity contribution in [3.05, 3.63) is 16.9 Å². The Hall–Kier alpha value is -1.20. The molecule has 6 heteroatoms. The van der Waals surface area contributed by atoms with Crippen molar-refractivity contribution in [1.82, 2.24) is 9.97 Å². The summed E-state index contributed by atoms with van der Waals surface area (Å²) >= 11 is 5.79. The SMILES string of the molecule is Cc1cc(Cl)nc(NC(=O)C2CCCC2N)n1. The van der Waals surface area contributed by atoms with Gasteiger partial charge in [0.15, 0.2) is 0 Å². The van der Waals surface area contributed by atoms with E-state index in [1.165, 1.54) is 0 Å². The van der Waals surface area contributed by atoms with Crippen LogP contribution in [0.1, 0.15) is 25.0 Å². The van der Waals surface area contributed by atoms with E-state index in [0.717, 1.165) is 25.0 Å². The monoisotopic (exact) mass is 254 g/mol. The number of hydrogen-bond donors (Lipinski definition) is 2. The summed E-state index contributed by atoms with van der Waals surface area (Å²) in [5.74, 6) is -0.00588. The van der Waals surface area contributed by atoms with Gasteiger partial charge in [0.2, 0.25) is 11.9 Å². The second-order valence-electron chi connectivity index (χ2n) is 4.35. The molecule has 2 atom stereocenters. The number of rotatable bonds is 2. The first-order chi connectivity index (χ1) is 8.06. The molecular formula is C11H15ClN4O. The Kier molecular flexibility index (Phi) is 3.59. The van der Waals surface area contributed by atoms with E-state index in [0.29, 0.717) is 5.15 Å². The minimum atomic E-state index is -0.141. The van der Waals surface area contributed by atoms with Gasteiger partial charge in [0.05, 0.1) is 5.92 Å². The third-order valence-corrected chi connectivity index (χ3v) is 3.16. The first-order valence-corrected chi connectivity index (χ1v) is 6.01. The smallest absolute Gasteiger partial charge is 0.231 e. The highest BCUT2D eigenvalue weighted by Crippen LogP contribution is 2.25. The number of anilines is 1. The number of aryl methyl sites for hydroxylation is 1. The second kappa shape index (κ2) is 4.98. The van der Waals surface area contributed by atoms with Gasteiger partial charge in [0.25, 0.3) is 0 Å². The molecule has 1 aliphatic rings. The predicted molar refractivity (Wildman–Crippen MR) is 65.7 cm³/mol. The Balaban J connectivity index is 2.07. The molecule has 2 unspecified atom stereocenters. The maximum Gasteiger partial charge on any atom is 0.231 e. The molecule has 0 saturated heterocycles. The molecule has 1 aromatic heterocycles. The molecule has 1 heterocycles. The Morgan fingerprint density at radius 3 is 2.88 bits per heavy atom. The molecule has 1 saturated carbocycles. The summed E-state index contributed by atoms with van der Waals surface area (Å²) in [5, 5.41) is 2.99. The van der Waals surface area contributed by atoms with Crippen LogP contribution in [0, 0.1) is 12.8 Å². The molecule has 92 valence electrons. The van der Waals surface area contributed by atoms with E-state index in [1.54, 1.807) is 13.0 Å². The lowest BCUT2D eigenvalue weighted by atomic mass is 10.0. The summed E-state index contributed by atoms with van der Waals surface area (Å²) in [7, 11) is 0. The number of hydrogen-bond acceptors (Lipinski definition) is 4. The second-order valence-corrected chi connectivity index (χ2v) is 4.73. The maximum absolute atomic E-state index is 11.9. The molecule has 1 aromatic rings. The first kappa shape index (κ1) is 12.3. The standard InChI is InChI=1S/C11H15ClN4O/c1-6-5-9(12)15-11(14-6)16-10(17)7-3-2-4-8(7)13/h5,7-8H,2-4,13H2,1H3,(H,14,15,16,17). The van der Waals surface area contributed by atoms with Gasteiger partial charge in [0, 0.05) is 11.7 Å². The summed E-state index contributed by atoms with van der Waals surface area (Å²) < 4.78 is 0. The average Bonchev–Trinajstić information content (AvgIpc) is 2.62. The highest BCUT2D eigenvalue weighted by molar-refractivity contribution is 6.29. The van der Waals surface area contributed by atoms with Crippen LogP contribution in [0.15, 0.2) is 6.07 Å². The van der Waals surface area contributed by atoms with Crippen molar-refractivity contribution in [2.75, 3.05) is 5.32 Å². The number of amides is 1. The lowest BCUT2D eigenvalue weighted by Crippen LogP contribution is -2.34. The van der Waals surface area contributed by atoms with Crippen LogP contribution in [0.4, 0.5) is 5.95 Å². The molecule has 2 rings (SSSR count). The van der Waals surface area contributed by atoms with Gasteiger partial charge in [0.1, 0.15) is 5.15 Å². The van der Waals surface area contributed by atoms with E-state index in [2.05, 4.69) is 15.3 Å². The number of nitrogens with one attached hydrogen (secondary N) is 1. The van der Waals surface area contributed by atoms with Gasteiger partial charge in [-0.25, -0.2) is 9.97 Å². The molecule has 0 aromatic carbocycles. The molecule has 1 fully saturated rings. The van der Waals surface area contributed by atoms with Crippen LogP contribution in [0.25, 0.3) is 0 Å². The number of carbonyl (C=O) groups is 1. The molecule has 1 aliphatic carbocycles. The van der Waals surface area contributed by atoms with E-state index < -0.39 is 0 Å². The lowest BCUT2D eigenvalue weighted by molar-refractivity contribution is -0.120. The fourth-order valence-electron chi connectivity index (χ4n) is 2.10. The summed E-state index contributed by atoms with van der Waals surface area (Å²) in [6.07, 6.45) is 2.72. The molecule has 5 nitrogen and oxygen atoms in total. The molecule has 0 radical (unpaired) electrons. The molecule has 0 spiro atoms. The van der Waals surface area contributed by atoms with Crippen LogP contribution < -0.4 is 11.1 Å². The predicted octanol–water partition coefficient (Wildman–Crippen LogP) is 1.50. The van der Waals surface area contributed by atoms with E-state index in [-0.39, 0.29) is 23.8 Å². The van der Waals surface area contributed by atoms with Crippen LogP contribution in [0.5, 0.6) is 0 Å². The number of nitrogens with two attached hydrogens (primary N) is 1. The molecular weight excluding hydrogens is 240 g/mol. The normalized spacial score (nSPS) is 23.7. The summed E-state index contributed by atoms with van der Waals surface area (Å²) in [6.45, 7) is 1.80. The number of carbonyl (C=O) groups excluding carboxylic acids is 1. The Morgan fingerprint density at radius 2 is 2.29 bits per heavy atom. The quantitative estimate of drug-likeness (QED) is 0.784. The first-order valence-electron chi connectivity index (χ1n) is 5.64. The van der Waals surface area contributed by atoms with Crippen molar-refractivity contribution in [1.29, 1.82) is 0 Å². The Morgan fingerprint density at radius 1 is 1.53 bits per heavy atom. The van der Waals surface area contributed by atoms with Gasteiger partial charge in [-0.15, -0.1) is 0 Å². The lowest BCUT2D eigenvalue weighted by Gasteiger charge is -2.14. The maximum atomic E-state index is 11.9. The van der Waals surface area contributed by atoms with Crippen molar-refractivity contribution in [2.45, 2.75) is 32.2 Å². The summed E-state index contributed by atoms with van der Waals surface area (Å²) in [4.78, 5) is 20.0. The van der Waals surface area contributed by atoms with Crippen LogP contribution >= 0.6 is 11.6 Å². The van der Waals surface area contributed by atoms with E-state index in [4.69, 9.17) is 17.3 Å². The molecule has 1 amide bonds. The fraction of sp³-hybridized carbons (Fsp3) is 0.545.